The molecule has 0 heterocycles. The van der Waals surface area contributed by atoms with Crippen molar-refractivity contribution in [2.45, 2.75) is 40.0 Å². The third-order valence-corrected chi connectivity index (χ3v) is 5.31. The van der Waals surface area contributed by atoms with E-state index in [1.54, 1.807) is 24.3 Å². The number of anilines is 1. The maximum absolute atomic E-state index is 12.6. The second-order valence-electron chi connectivity index (χ2n) is 9.32. The lowest BCUT2D eigenvalue weighted by molar-refractivity contribution is 0.0954. The number of carbonyl (C=O) groups is 2. The average molecular weight is 442 g/mol. The molecule has 3 rings (SSSR count). The quantitative estimate of drug-likeness (QED) is 0.362. The van der Waals surface area contributed by atoms with Gasteiger partial charge in [-0.15, -0.1) is 0 Å². The first-order chi connectivity index (χ1) is 15.6. The second-order valence-corrected chi connectivity index (χ2v) is 9.32. The Bertz CT molecular complexity index is 1120. The number of carbonyl (C=O) groups excluding carboxylic acids is 2. The van der Waals surface area contributed by atoms with Gasteiger partial charge in [-0.2, -0.15) is 5.10 Å². The van der Waals surface area contributed by atoms with Crippen LogP contribution in [0.25, 0.3) is 0 Å². The summed E-state index contributed by atoms with van der Waals surface area (Å²) in [4.78, 5) is 25.1. The third-order valence-electron chi connectivity index (χ3n) is 5.31. The van der Waals surface area contributed by atoms with Crippen molar-refractivity contribution in [1.82, 2.24) is 5.43 Å². The average Bonchev–Trinajstić information content (AvgIpc) is 2.79. The Morgan fingerprint density at radius 3 is 1.82 bits per heavy atom. The molecule has 3 aromatic carbocycles. The number of hydrogen-bond acceptors (Lipinski definition) is 3. The number of nitrogens with one attached hydrogen (secondary N) is 2. The molecule has 0 aliphatic rings. The van der Waals surface area contributed by atoms with Crippen molar-refractivity contribution in [3.63, 3.8) is 0 Å². The van der Waals surface area contributed by atoms with Crippen molar-refractivity contribution < 1.29 is 9.59 Å². The fourth-order valence-electron chi connectivity index (χ4n) is 3.34. The van der Waals surface area contributed by atoms with Crippen LogP contribution in [0.15, 0.2) is 84.0 Å². The molecule has 0 unspecified atom stereocenters. The second kappa shape index (κ2) is 10.3. The van der Waals surface area contributed by atoms with E-state index in [9.17, 15) is 9.59 Å². The monoisotopic (exact) mass is 441 g/mol. The summed E-state index contributed by atoms with van der Waals surface area (Å²) >= 11 is 0. The number of benzene rings is 3. The van der Waals surface area contributed by atoms with Crippen LogP contribution in [0.4, 0.5) is 5.69 Å². The van der Waals surface area contributed by atoms with Gasteiger partial charge < -0.3 is 5.32 Å². The normalized spacial score (nSPS) is 11.9. The fraction of sp³-hybridized carbons (Fsp3) is 0.250. The van der Waals surface area contributed by atoms with Crippen LogP contribution in [0, 0.1) is 5.92 Å². The molecule has 0 saturated heterocycles. The molecule has 2 amide bonds. The summed E-state index contributed by atoms with van der Waals surface area (Å²) < 4.78 is 0. The standard InChI is InChI=1S/C28H31N3O2/c1-19(2)25(20-9-7-6-8-10-20)30-31-27(33)22-13-17-24(18-14-22)29-26(32)21-11-15-23(16-12-21)28(3,4)5/h6-19H,1-5H3,(H,29,32)(H,31,33)/b30-25+. The van der Waals surface area contributed by atoms with Gasteiger partial charge in [-0.05, 0) is 58.9 Å². The Balaban J connectivity index is 1.64. The van der Waals surface area contributed by atoms with E-state index in [4.69, 9.17) is 0 Å². The van der Waals surface area contributed by atoms with Crippen LogP contribution in [0.2, 0.25) is 0 Å². The number of nitrogens with zero attached hydrogens (tertiary/aromatic N) is 1. The van der Waals surface area contributed by atoms with Gasteiger partial charge in [0.05, 0.1) is 5.71 Å². The van der Waals surface area contributed by atoms with E-state index in [1.165, 1.54) is 5.56 Å². The van der Waals surface area contributed by atoms with Crippen LogP contribution in [0.5, 0.6) is 0 Å². The Hall–Kier alpha value is -3.73. The van der Waals surface area contributed by atoms with Crippen LogP contribution in [-0.2, 0) is 5.41 Å². The van der Waals surface area contributed by atoms with Crippen LogP contribution in [0.3, 0.4) is 0 Å². The summed E-state index contributed by atoms with van der Waals surface area (Å²) in [6, 6.07) is 24.1. The first-order valence-electron chi connectivity index (χ1n) is 11.1. The molecule has 0 spiro atoms. The highest BCUT2D eigenvalue weighted by Gasteiger charge is 2.15. The van der Waals surface area contributed by atoms with Crippen LogP contribution >= 0.6 is 0 Å². The molecule has 33 heavy (non-hydrogen) atoms. The van der Waals surface area contributed by atoms with Crippen molar-refractivity contribution in [3.8, 4) is 0 Å². The van der Waals surface area contributed by atoms with Gasteiger partial charge in [0.1, 0.15) is 0 Å². The zero-order valence-corrected chi connectivity index (χ0v) is 19.8. The smallest absolute Gasteiger partial charge is 0.271 e. The van der Waals surface area contributed by atoms with Gasteiger partial charge in [-0.3, -0.25) is 9.59 Å². The van der Waals surface area contributed by atoms with Gasteiger partial charge in [-0.25, -0.2) is 5.43 Å². The van der Waals surface area contributed by atoms with E-state index in [0.717, 1.165) is 11.3 Å². The highest BCUT2D eigenvalue weighted by Crippen LogP contribution is 2.22. The summed E-state index contributed by atoms with van der Waals surface area (Å²) in [6.45, 7) is 10.5. The van der Waals surface area contributed by atoms with E-state index < -0.39 is 0 Å². The lowest BCUT2D eigenvalue weighted by Gasteiger charge is -2.19. The fourth-order valence-corrected chi connectivity index (χ4v) is 3.34. The van der Waals surface area contributed by atoms with E-state index in [1.807, 2.05) is 68.4 Å². The van der Waals surface area contributed by atoms with Crippen LogP contribution in [-0.4, -0.2) is 17.5 Å². The number of hydrogen-bond donors (Lipinski definition) is 2. The third kappa shape index (κ3) is 6.39. The predicted molar refractivity (Wildman–Crippen MR) is 135 cm³/mol. The molecule has 0 bridgehead atoms. The highest BCUT2D eigenvalue weighted by molar-refractivity contribution is 6.05. The number of rotatable bonds is 6. The Morgan fingerprint density at radius 1 is 0.727 bits per heavy atom. The summed E-state index contributed by atoms with van der Waals surface area (Å²) in [5.41, 5.74) is 7.30. The highest BCUT2D eigenvalue weighted by atomic mass is 16.2. The molecule has 0 aliphatic heterocycles. The SMILES string of the molecule is CC(C)/C(=N\NC(=O)c1ccc(NC(=O)c2ccc(C(C)(C)C)cc2)cc1)c1ccccc1. The molecule has 0 atom stereocenters. The minimum absolute atomic E-state index is 0.0342. The largest absolute Gasteiger partial charge is 0.322 e. The maximum Gasteiger partial charge on any atom is 0.271 e. The van der Waals surface area contributed by atoms with Crippen molar-refractivity contribution in [3.05, 3.63) is 101 Å². The maximum atomic E-state index is 12.6. The van der Waals surface area contributed by atoms with Gasteiger partial charge in [-0.1, -0.05) is 77.1 Å². The molecule has 5 nitrogen and oxygen atoms in total. The summed E-state index contributed by atoms with van der Waals surface area (Å²) in [7, 11) is 0. The Kier molecular flexibility index (Phi) is 7.44. The van der Waals surface area contributed by atoms with Gasteiger partial charge in [0.15, 0.2) is 0 Å². The predicted octanol–water partition coefficient (Wildman–Crippen LogP) is 6.03. The van der Waals surface area contributed by atoms with E-state index in [-0.39, 0.29) is 23.1 Å². The molecule has 3 aromatic rings. The van der Waals surface area contributed by atoms with Crippen molar-refractivity contribution >= 4 is 23.2 Å². The molecule has 0 aromatic heterocycles. The van der Waals surface area contributed by atoms with Gasteiger partial charge in [0, 0.05) is 16.8 Å². The minimum atomic E-state index is -0.306. The molecule has 170 valence electrons. The van der Waals surface area contributed by atoms with Gasteiger partial charge in [0.25, 0.3) is 11.8 Å². The summed E-state index contributed by atoms with van der Waals surface area (Å²) in [6.07, 6.45) is 0. The molecule has 5 heteroatoms. The van der Waals surface area contributed by atoms with E-state index in [2.05, 4.69) is 36.6 Å². The molecule has 2 N–H and O–H groups in total. The Morgan fingerprint density at radius 2 is 1.27 bits per heavy atom. The molecule has 0 radical (unpaired) electrons. The lowest BCUT2D eigenvalue weighted by Crippen LogP contribution is -2.22. The summed E-state index contributed by atoms with van der Waals surface area (Å²) in [5.74, 6) is -0.343. The topological polar surface area (TPSA) is 70.6 Å². The van der Waals surface area contributed by atoms with Gasteiger partial charge in [0.2, 0.25) is 0 Å². The van der Waals surface area contributed by atoms with Crippen molar-refractivity contribution in [2.24, 2.45) is 11.0 Å². The number of amides is 2. The minimum Gasteiger partial charge on any atom is -0.322 e. The summed E-state index contributed by atoms with van der Waals surface area (Å²) in [5, 5.41) is 7.22. The molecular weight excluding hydrogens is 410 g/mol. The van der Waals surface area contributed by atoms with Gasteiger partial charge >= 0.3 is 0 Å². The molecule has 0 saturated carbocycles. The first-order valence-corrected chi connectivity index (χ1v) is 11.1. The lowest BCUT2D eigenvalue weighted by atomic mass is 9.87. The molecule has 0 aliphatic carbocycles. The van der Waals surface area contributed by atoms with Crippen molar-refractivity contribution in [1.29, 1.82) is 0 Å². The van der Waals surface area contributed by atoms with E-state index in [0.29, 0.717) is 16.8 Å². The van der Waals surface area contributed by atoms with Crippen LogP contribution < -0.4 is 10.7 Å². The first kappa shape index (κ1) is 23.9. The van der Waals surface area contributed by atoms with E-state index >= 15 is 0 Å². The molecular formula is C28H31N3O2. The number of hydrazone groups is 1. The zero-order chi connectivity index (χ0) is 24.0. The van der Waals surface area contributed by atoms with Crippen molar-refractivity contribution in [2.75, 3.05) is 5.32 Å². The Labute approximate surface area is 195 Å². The zero-order valence-electron chi connectivity index (χ0n) is 19.8. The van der Waals surface area contributed by atoms with Crippen LogP contribution in [0.1, 0.15) is 66.5 Å². The molecule has 0 fully saturated rings.